The predicted octanol–water partition coefficient (Wildman–Crippen LogP) is 2.67. The summed E-state index contributed by atoms with van der Waals surface area (Å²) < 4.78 is 54.2. The van der Waals surface area contributed by atoms with Gasteiger partial charge in [0.15, 0.2) is 0 Å². The van der Waals surface area contributed by atoms with Crippen LogP contribution in [-0.2, 0) is 6.54 Å². The number of ether oxygens (including phenoxy) is 1. The molecule has 0 aliphatic heterocycles. The molecule has 2 amide bonds. The van der Waals surface area contributed by atoms with Gasteiger partial charge in [-0.3, -0.25) is 0 Å². The van der Waals surface area contributed by atoms with Crippen molar-refractivity contribution in [3.8, 4) is 5.88 Å². The summed E-state index contributed by atoms with van der Waals surface area (Å²) in [7, 11) is 0. The first-order valence-corrected chi connectivity index (χ1v) is 6.66. The molecule has 1 aromatic rings. The van der Waals surface area contributed by atoms with E-state index in [-0.39, 0.29) is 31.7 Å². The van der Waals surface area contributed by atoms with Crippen molar-refractivity contribution in [2.45, 2.75) is 44.4 Å². The zero-order valence-electron chi connectivity index (χ0n) is 11.5. The zero-order valence-corrected chi connectivity index (χ0v) is 11.5. The summed E-state index contributed by atoms with van der Waals surface area (Å²) in [6, 6.07) is 1.62. The number of halogens is 4. The number of alkyl halides is 4. The average molecular weight is 321 g/mol. The lowest BCUT2D eigenvalue weighted by Gasteiger charge is -2.14. The fourth-order valence-electron chi connectivity index (χ4n) is 2.21. The SMILES string of the molecule is O=C(NCc1ccnc(OC(F)F)c1)N[C@@H]1CCC(F)(F)C1. The molecule has 1 aliphatic carbocycles. The molecule has 22 heavy (non-hydrogen) atoms. The van der Waals surface area contributed by atoms with E-state index in [2.05, 4.69) is 20.4 Å². The van der Waals surface area contributed by atoms with Crippen LogP contribution >= 0.6 is 0 Å². The molecule has 0 radical (unpaired) electrons. The van der Waals surface area contributed by atoms with Gasteiger partial charge in [-0.1, -0.05) is 0 Å². The van der Waals surface area contributed by atoms with Crippen molar-refractivity contribution in [1.29, 1.82) is 0 Å². The van der Waals surface area contributed by atoms with Crippen molar-refractivity contribution in [1.82, 2.24) is 15.6 Å². The van der Waals surface area contributed by atoms with Crippen molar-refractivity contribution in [3.63, 3.8) is 0 Å². The van der Waals surface area contributed by atoms with E-state index in [0.29, 0.717) is 5.56 Å². The van der Waals surface area contributed by atoms with Crippen LogP contribution in [0.3, 0.4) is 0 Å². The highest BCUT2D eigenvalue weighted by Gasteiger charge is 2.39. The molecule has 0 aromatic carbocycles. The van der Waals surface area contributed by atoms with Crippen molar-refractivity contribution in [2.75, 3.05) is 0 Å². The molecule has 1 heterocycles. The maximum absolute atomic E-state index is 13.0. The van der Waals surface area contributed by atoms with Gasteiger partial charge in [-0.15, -0.1) is 0 Å². The van der Waals surface area contributed by atoms with E-state index in [1.807, 2.05) is 0 Å². The fourth-order valence-corrected chi connectivity index (χ4v) is 2.21. The maximum atomic E-state index is 13.0. The molecule has 0 unspecified atom stereocenters. The second-order valence-corrected chi connectivity index (χ2v) is 5.00. The minimum absolute atomic E-state index is 0.0388. The summed E-state index contributed by atoms with van der Waals surface area (Å²) in [6.45, 7) is -2.94. The molecular formula is C13H15F4N3O2. The van der Waals surface area contributed by atoms with E-state index in [0.717, 1.165) is 0 Å². The highest BCUT2D eigenvalue weighted by atomic mass is 19.3. The zero-order chi connectivity index (χ0) is 16.2. The van der Waals surface area contributed by atoms with Crippen molar-refractivity contribution in [3.05, 3.63) is 23.9 Å². The number of carbonyl (C=O) groups excluding carboxylic acids is 1. The number of nitrogens with zero attached hydrogens (tertiary/aromatic N) is 1. The molecule has 9 heteroatoms. The van der Waals surface area contributed by atoms with E-state index >= 15 is 0 Å². The summed E-state index contributed by atoms with van der Waals surface area (Å²) in [4.78, 5) is 15.2. The molecule has 0 spiro atoms. The predicted molar refractivity (Wildman–Crippen MR) is 68.8 cm³/mol. The van der Waals surface area contributed by atoms with Crippen molar-refractivity contribution < 1.29 is 27.1 Å². The van der Waals surface area contributed by atoms with Crippen LogP contribution in [-0.4, -0.2) is 29.6 Å². The second-order valence-electron chi connectivity index (χ2n) is 5.00. The number of rotatable bonds is 5. The summed E-state index contributed by atoms with van der Waals surface area (Å²) in [5, 5.41) is 4.92. The number of urea groups is 1. The maximum Gasteiger partial charge on any atom is 0.388 e. The quantitative estimate of drug-likeness (QED) is 0.820. The van der Waals surface area contributed by atoms with Gasteiger partial charge in [0.1, 0.15) is 0 Å². The summed E-state index contributed by atoms with van der Waals surface area (Å²) in [5.74, 6) is -2.99. The minimum atomic E-state index is -2.98. The normalized spacial score (nSPS) is 20.0. The number of amides is 2. The molecule has 2 N–H and O–H groups in total. The Morgan fingerprint density at radius 1 is 1.50 bits per heavy atom. The first-order valence-electron chi connectivity index (χ1n) is 6.66. The van der Waals surface area contributed by atoms with E-state index in [4.69, 9.17) is 0 Å². The lowest BCUT2D eigenvalue weighted by molar-refractivity contribution is -0.0529. The van der Waals surface area contributed by atoms with Gasteiger partial charge in [-0.2, -0.15) is 8.78 Å². The smallest absolute Gasteiger partial charge is 0.388 e. The molecule has 122 valence electrons. The first kappa shape index (κ1) is 16.3. The van der Waals surface area contributed by atoms with Crippen LogP contribution in [0.25, 0.3) is 0 Å². The Bertz CT molecular complexity index is 528. The van der Waals surface area contributed by atoms with Crippen LogP contribution in [0.1, 0.15) is 24.8 Å². The molecule has 0 saturated heterocycles. The molecular weight excluding hydrogens is 306 g/mol. The van der Waals surface area contributed by atoms with Crippen molar-refractivity contribution >= 4 is 6.03 Å². The Morgan fingerprint density at radius 3 is 2.91 bits per heavy atom. The van der Waals surface area contributed by atoms with Gasteiger partial charge in [-0.05, 0) is 18.1 Å². The van der Waals surface area contributed by atoms with Gasteiger partial charge in [0, 0.05) is 37.7 Å². The molecule has 1 aromatic heterocycles. The third kappa shape index (κ3) is 5.05. The van der Waals surface area contributed by atoms with E-state index in [1.165, 1.54) is 18.3 Å². The Balaban J connectivity index is 1.79. The average Bonchev–Trinajstić information content (AvgIpc) is 2.75. The van der Waals surface area contributed by atoms with Gasteiger partial charge in [-0.25, -0.2) is 18.6 Å². The van der Waals surface area contributed by atoms with E-state index < -0.39 is 24.6 Å². The minimum Gasteiger partial charge on any atom is -0.417 e. The highest BCUT2D eigenvalue weighted by molar-refractivity contribution is 5.74. The first-order chi connectivity index (χ1) is 10.3. The van der Waals surface area contributed by atoms with E-state index in [9.17, 15) is 22.4 Å². The number of nitrogens with one attached hydrogen (secondary N) is 2. The number of hydrogen-bond acceptors (Lipinski definition) is 3. The van der Waals surface area contributed by atoms with Crippen LogP contribution in [0, 0.1) is 0 Å². The van der Waals surface area contributed by atoms with Crippen LogP contribution in [0.5, 0.6) is 5.88 Å². The van der Waals surface area contributed by atoms with Crippen LogP contribution in [0.4, 0.5) is 22.4 Å². The van der Waals surface area contributed by atoms with Crippen LogP contribution in [0.2, 0.25) is 0 Å². The number of hydrogen-bond donors (Lipinski definition) is 2. The molecule has 1 fully saturated rings. The molecule has 1 aliphatic rings. The number of pyridine rings is 1. The molecule has 1 saturated carbocycles. The third-order valence-electron chi connectivity index (χ3n) is 3.20. The lowest BCUT2D eigenvalue weighted by atomic mass is 10.2. The molecule has 0 bridgehead atoms. The van der Waals surface area contributed by atoms with Gasteiger partial charge < -0.3 is 15.4 Å². The lowest BCUT2D eigenvalue weighted by Crippen LogP contribution is -2.41. The standard InChI is InChI=1S/C13H15F4N3O2/c14-11(15)22-10-5-8(2-4-18-10)7-19-12(21)20-9-1-3-13(16,17)6-9/h2,4-5,9,11H,1,3,6-7H2,(H2,19,20,21)/t9-/m1/s1. The van der Waals surface area contributed by atoms with Gasteiger partial charge in [0.05, 0.1) is 0 Å². The molecule has 1 atom stereocenters. The highest BCUT2D eigenvalue weighted by Crippen LogP contribution is 2.34. The van der Waals surface area contributed by atoms with Crippen LogP contribution < -0.4 is 15.4 Å². The Morgan fingerprint density at radius 2 is 2.27 bits per heavy atom. The monoisotopic (exact) mass is 321 g/mol. The Kier molecular flexibility index (Phi) is 5.04. The molecule has 2 rings (SSSR count). The molecule has 5 nitrogen and oxygen atoms in total. The third-order valence-corrected chi connectivity index (χ3v) is 3.20. The van der Waals surface area contributed by atoms with Crippen molar-refractivity contribution in [2.24, 2.45) is 0 Å². The number of carbonyl (C=O) groups is 1. The summed E-state index contributed by atoms with van der Waals surface area (Å²) >= 11 is 0. The Hall–Kier alpha value is -2.06. The topological polar surface area (TPSA) is 63.2 Å². The van der Waals surface area contributed by atoms with Gasteiger partial charge in [0.2, 0.25) is 11.8 Å². The van der Waals surface area contributed by atoms with Crippen LogP contribution in [0.15, 0.2) is 18.3 Å². The largest absolute Gasteiger partial charge is 0.417 e. The van der Waals surface area contributed by atoms with E-state index in [1.54, 1.807) is 0 Å². The summed E-state index contributed by atoms with van der Waals surface area (Å²) in [6.07, 6.45) is 0.880. The number of aromatic nitrogens is 1. The van der Waals surface area contributed by atoms with Gasteiger partial charge >= 0.3 is 12.6 Å². The second kappa shape index (κ2) is 6.80. The van der Waals surface area contributed by atoms with Gasteiger partial charge in [0.25, 0.3) is 0 Å². The fraction of sp³-hybridized carbons (Fsp3) is 0.538. The summed E-state index contributed by atoms with van der Waals surface area (Å²) in [5.41, 5.74) is 0.498. The Labute approximate surface area is 124 Å².